The lowest BCUT2D eigenvalue weighted by Crippen LogP contribution is -2.42. The molecule has 0 atom stereocenters. The van der Waals surface area contributed by atoms with E-state index < -0.39 is 5.60 Å². The van der Waals surface area contributed by atoms with Gasteiger partial charge < -0.3 is 10.0 Å². The third-order valence-corrected chi connectivity index (χ3v) is 3.78. The highest BCUT2D eigenvalue weighted by Gasteiger charge is 2.33. The van der Waals surface area contributed by atoms with Gasteiger partial charge >= 0.3 is 0 Å². The second kappa shape index (κ2) is 5.47. The zero-order valence-corrected chi connectivity index (χ0v) is 12.1. The smallest absolute Gasteiger partial charge is 0.253 e. The number of rotatable bonds is 3. The number of likely N-dealkylation sites (N-methyl/N-ethyl adjacent to an activating group) is 1. The molecular formula is C14H19ClN2O2. The molecule has 0 radical (unpaired) electrons. The molecule has 0 unspecified atom stereocenters. The SMILES string of the molecule is Cc1cc(C(=O)N(C)CC2(O)CCCC2)cc(Cl)n1. The number of hydrogen-bond acceptors (Lipinski definition) is 3. The first kappa shape index (κ1) is 14.3. The Balaban J connectivity index is 2.10. The maximum atomic E-state index is 12.3. The normalized spacial score (nSPS) is 17.5. The predicted octanol–water partition coefficient (Wildman–Crippen LogP) is 2.42. The second-order valence-electron chi connectivity index (χ2n) is 5.41. The van der Waals surface area contributed by atoms with Crippen molar-refractivity contribution in [3.05, 3.63) is 28.5 Å². The first-order valence-corrected chi connectivity index (χ1v) is 6.89. The third kappa shape index (κ3) is 3.45. The van der Waals surface area contributed by atoms with Gasteiger partial charge in [-0.1, -0.05) is 24.4 Å². The van der Waals surface area contributed by atoms with Gasteiger partial charge in [0.1, 0.15) is 5.15 Å². The first-order chi connectivity index (χ1) is 8.89. The van der Waals surface area contributed by atoms with Crippen molar-refractivity contribution in [2.75, 3.05) is 13.6 Å². The highest BCUT2D eigenvalue weighted by Crippen LogP contribution is 2.30. The van der Waals surface area contributed by atoms with Crippen LogP contribution in [0.3, 0.4) is 0 Å². The molecule has 1 aromatic heterocycles. The van der Waals surface area contributed by atoms with E-state index in [1.165, 1.54) is 0 Å². The molecule has 1 aliphatic rings. The van der Waals surface area contributed by atoms with E-state index in [1.807, 2.05) is 0 Å². The second-order valence-corrected chi connectivity index (χ2v) is 5.80. The summed E-state index contributed by atoms with van der Waals surface area (Å²) < 4.78 is 0. The summed E-state index contributed by atoms with van der Waals surface area (Å²) in [6.45, 7) is 2.16. The molecule has 4 nitrogen and oxygen atoms in total. The Labute approximate surface area is 118 Å². The number of halogens is 1. The van der Waals surface area contributed by atoms with Crippen LogP contribution >= 0.6 is 11.6 Å². The highest BCUT2D eigenvalue weighted by molar-refractivity contribution is 6.29. The summed E-state index contributed by atoms with van der Waals surface area (Å²) in [6, 6.07) is 3.27. The molecule has 1 amide bonds. The molecule has 104 valence electrons. The number of carbonyl (C=O) groups is 1. The fourth-order valence-electron chi connectivity index (χ4n) is 2.68. The standard InChI is InChI=1S/C14H19ClN2O2/c1-10-7-11(8-12(15)16-10)13(18)17(2)9-14(19)5-3-4-6-14/h7-8,19H,3-6,9H2,1-2H3. The molecule has 0 saturated heterocycles. The van der Waals surface area contributed by atoms with Crippen LogP contribution < -0.4 is 0 Å². The minimum atomic E-state index is -0.726. The van der Waals surface area contributed by atoms with Gasteiger partial charge in [-0.05, 0) is 31.9 Å². The fraction of sp³-hybridized carbons (Fsp3) is 0.571. The lowest BCUT2D eigenvalue weighted by Gasteiger charge is -2.28. The van der Waals surface area contributed by atoms with E-state index in [9.17, 15) is 9.90 Å². The Morgan fingerprint density at radius 3 is 2.68 bits per heavy atom. The average Bonchev–Trinajstić information content (AvgIpc) is 2.73. The Morgan fingerprint density at radius 1 is 1.47 bits per heavy atom. The predicted molar refractivity (Wildman–Crippen MR) is 74.4 cm³/mol. The highest BCUT2D eigenvalue weighted by atomic mass is 35.5. The molecule has 5 heteroatoms. The van der Waals surface area contributed by atoms with Crippen LogP contribution in [0.2, 0.25) is 5.15 Å². The zero-order valence-electron chi connectivity index (χ0n) is 11.3. The van der Waals surface area contributed by atoms with Crippen molar-refractivity contribution < 1.29 is 9.90 Å². The molecule has 1 aromatic rings. The molecule has 19 heavy (non-hydrogen) atoms. The van der Waals surface area contributed by atoms with Gasteiger partial charge in [-0.2, -0.15) is 0 Å². The van der Waals surface area contributed by atoms with Gasteiger partial charge in [-0.15, -0.1) is 0 Å². The zero-order chi connectivity index (χ0) is 14.0. The minimum Gasteiger partial charge on any atom is -0.388 e. The van der Waals surface area contributed by atoms with Crippen molar-refractivity contribution in [2.45, 2.75) is 38.2 Å². The summed E-state index contributed by atoms with van der Waals surface area (Å²) in [5.41, 5.74) is 0.501. The monoisotopic (exact) mass is 282 g/mol. The van der Waals surface area contributed by atoms with Crippen LogP contribution in [0.5, 0.6) is 0 Å². The van der Waals surface area contributed by atoms with Crippen LogP contribution in [-0.4, -0.2) is 40.1 Å². The Bertz CT molecular complexity index is 464. The van der Waals surface area contributed by atoms with Gasteiger partial charge in [0.05, 0.1) is 5.60 Å². The summed E-state index contributed by atoms with van der Waals surface area (Å²) >= 11 is 5.87. The van der Waals surface area contributed by atoms with Gasteiger partial charge in [0.2, 0.25) is 0 Å². The van der Waals surface area contributed by atoms with E-state index in [4.69, 9.17) is 11.6 Å². The number of amides is 1. The van der Waals surface area contributed by atoms with E-state index >= 15 is 0 Å². The molecule has 1 aliphatic carbocycles. The number of pyridine rings is 1. The van der Waals surface area contributed by atoms with Crippen LogP contribution in [0.1, 0.15) is 41.7 Å². The van der Waals surface area contributed by atoms with E-state index in [0.29, 0.717) is 23.0 Å². The molecule has 0 aliphatic heterocycles. The van der Waals surface area contributed by atoms with E-state index in [-0.39, 0.29) is 5.91 Å². The van der Waals surface area contributed by atoms with Crippen molar-refractivity contribution in [1.82, 2.24) is 9.88 Å². The summed E-state index contributed by atoms with van der Waals surface area (Å²) in [7, 11) is 1.71. The number of hydrogen-bond donors (Lipinski definition) is 1. The van der Waals surface area contributed by atoms with Crippen molar-refractivity contribution in [2.24, 2.45) is 0 Å². The fourth-order valence-corrected chi connectivity index (χ4v) is 2.93. The first-order valence-electron chi connectivity index (χ1n) is 6.52. The molecule has 2 rings (SSSR count). The lowest BCUT2D eigenvalue weighted by atomic mass is 10.0. The van der Waals surface area contributed by atoms with Crippen molar-refractivity contribution in [3.8, 4) is 0 Å². The molecule has 1 saturated carbocycles. The van der Waals surface area contributed by atoms with E-state index in [0.717, 1.165) is 25.7 Å². The average molecular weight is 283 g/mol. The van der Waals surface area contributed by atoms with Crippen LogP contribution in [0.15, 0.2) is 12.1 Å². The number of carbonyl (C=O) groups excluding carboxylic acids is 1. The molecule has 0 bridgehead atoms. The molecular weight excluding hydrogens is 264 g/mol. The van der Waals surface area contributed by atoms with Gasteiger partial charge in [0.25, 0.3) is 5.91 Å². The molecule has 1 fully saturated rings. The summed E-state index contributed by atoms with van der Waals surface area (Å²) in [4.78, 5) is 17.9. The van der Waals surface area contributed by atoms with Crippen molar-refractivity contribution in [1.29, 1.82) is 0 Å². The quantitative estimate of drug-likeness (QED) is 0.866. The third-order valence-electron chi connectivity index (χ3n) is 3.58. The van der Waals surface area contributed by atoms with Crippen LogP contribution in [0.4, 0.5) is 0 Å². The minimum absolute atomic E-state index is 0.132. The van der Waals surface area contributed by atoms with Crippen LogP contribution in [0.25, 0.3) is 0 Å². The Kier molecular flexibility index (Phi) is 4.11. The topological polar surface area (TPSA) is 53.4 Å². The Morgan fingerprint density at radius 2 is 2.11 bits per heavy atom. The summed E-state index contributed by atoms with van der Waals surface area (Å²) in [5.74, 6) is -0.132. The summed E-state index contributed by atoms with van der Waals surface area (Å²) in [6.07, 6.45) is 3.58. The van der Waals surface area contributed by atoms with Gasteiger partial charge in [0.15, 0.2) is 0 Å². The maximum absolute atomic E-state index is 12.3. The van der Waals surface area contributed by atoms with Gasteiger partial charge in [-0.25, -0.2) is 4.98 Å². The number of aryl methyl sites for hydroxylation is 1. The van der Waals surface area contributed by atoms with E-state index in [2.05, 4.69) is 4.98 Å². The van der Waals surface area contributed by atoms with Crippen molar-refractivity contribution in [3.63, 3.8) is 0 Å². The number of aromatic nitrogens is 1. The number of aliphatic hydroxyl groups is 1. The number of nitrogens with zero attached hydrogens (tertiary/aromatic N) is 2. The lowest BCUT2D eigenvalue weighted by molar-refractivity contribution is 0.0157. The molecule has 1 N–H and O–H groups in total. The van der Waals surface area contributed by atoms with Gasteiger partial charge in [-0.3, -0.25) is 4.79 Å². The maximum Gasteiger partial charge on any atom is 0.253 e. The summed E-state index contributed by atoms with van der Waals surface area (Å²) in [5, 5.41) is 10.7. The molecule has 0 spiro atoms. The van der Waals surface area contributed by atoms with E-state index in [1.54, 1.807) is 31.0 Å². The Hall–Kier alpha value is -1.13. The van der Waals surface area contributed by atoms with Gasteiger partial charge in [0, 0.05) is 24.8 Å². The molecule has 0 aromatic carbocycles. The van der Waals surface area contributed by atoms with Crippen LogP contribution in [0, 0.1) is 6.92 Å². The van der Waals surface area contributed by atoms with Crippen LogP contribution in [-0.2, 0) is 0 Å². The molecule has 1 heterocycles. The van der Waals surface area contributed by atoms with Crippen molar-refractivity contribution >= 4 is 17.5 Å². The largest absolute Gasteiger partial charge is 0.388 e.